The van der Waals surface area contributed by atoms with Crippen LogP contribution in [0.1, 0.15) is 29.5 Å². The second kappa shape index (κ2) is 13.1. The molecule has 0 radical (unpaired) electrons. The third kappa shape index (κ3) is 6.72. The molecule has 3 aromatic rings. The molecule has 2 saturated heterocycles. The van der Waals surface area contributed by atoms with E-state index in [4.69, 9.17) is 4.99 Å². The molecule has 9 nitrogen and oxygen atoms in total. The van der Waals surface area contributed by atoms with Gasteiger partial charge in [-0.3, -0.25) is 14.6 Å². The molecule has 0 spiro atoms. The van der Waals surface area contributed by atoms with E-state index in [1.54, 1.807) is 19.1 Å². The number of rotatable bonds is 7. The number of piperazine rings is 1. The summed E-state index contributed by atoms with van der Waals surface area (Å²) in [6.45, 7) is 4.63. The fraction of sp³-hybridized carbons (Fsp3) is 0.324. The number of anilines is 2. The molecule has 2 N–H and O–H groups in total. The van der Waals surface area contributed by atoms with Gasteiger partial charge in [-0.05, 0) is 61.5 Å². The molecule has 3 aromatic carbocycles. The Morgan fingerprint density at radius 3 is 2.41 bits per heavy atom. The molecule has 238 valence electrons. The Labute approximate surface area is 269 Å². The SMILES string of the molecule is CCNC(=O)C#Cc1cc2c(cc1S(=O)N1CC(F)(F)C1)C(C(=Nc1ccc(N3CCN(C)CC3)cc1)c1ccccc1)C(=O)N2. The highest BCUT2D eigenvalue weighted by Crippen LogP contribution is 2.40. The zero-order valence-corrected chi connectivity index (χ0v) is 26.4. The highest BCUT2D eigenvalue weighted by atomic mass is 32.2. The third-order valence-electron chi connectivity index (χ3n) is 8.18. The Balaban J connectivity index is 1.40. The van der Waals surface area contributed by atoms with Gasteiger partial charge in [0.05, 0.1) is 29.4 Å². The first-order chi connectivity index (χ1) is 22.1. The van der Waals surface area contributed by atoms with Crippen molar-refractivity contribution in [1.82, 2.24) is 14.5 Å². The van der Waals surface area contributed by atoms with Crippen LogP contribution in [0.4, 0.5) is 25.8 Å². The first kappa shape index (κ1) is 31.5. The lowest BCUT2D eigenvalue weighted by Gasteiger charge is -2.37. The van der Waals surface area contributed by atoms with E-state index < -0.39 is 41.8 Å². The van der Waals surface area contributed by atoms with Crippen LogP contribution < -0.4 is 15.5 Å². The molecule has 12 heteroatoms. The number of amides is 2. The predicted molar refractivity (Wildman–Crippen MR) is 175 cm³/mol. The van der Waals surface area contributed by atoms with Crippen LogP contribution in [0, 0.1) is 11.8 Å². The summed E-state index contributed by atoms with van der Waals surface area (Å²) in [5.41, 5.74) is 4.11. The Kier molecular flexibility index (Phi) is 8.99. The van der Waals surface area contributed by atoms with Crippen molar-refractivity contribution in [3.05, 3.63) is 83.4 Å². The summed E-state index contributed by atoms with van der Waals surface area (Å²) in [5.74, 6) is 0.516. The van der Waals surface area contributed by atoms with Crippen molar-refractivity contribution in [2.75, 3.05) is 63.1 Å². The molecular weight excluding hydrogens is 610 g/mol. The lowest BCUT2D eigenvalue weighted by atomic mass is 9.90. The summed E-state index contributed by atoms with van der Waals surface area (Å²) < 4.78 is 42.2. The number of nitrogens with zero attached hydrogens (tertiary/aromatic N) is 4. The highest BCUT2D eigenvalue weighted by molar-refractivity contribution is 7.82. The van der Waals surface area contributed by atoms with Gasteiger partial charge in [0.25, 0.3) is 11.8 Å². The van der Waals surface area contributed by atoms with Gasteiger partial charge in [0.1, 0.15) is 16.9 Å². The number of nitrogens with one attached hydrogen (secondary N) is 2. The van der Waals surface area contributed by atoms with E-state index in [2.05, 4.69) is 39.3 Å². The van der Waals surface area contributed by atoms with E-state index in [-0.39, 0.29) is 16.4 Å². The maximum atomic E-state index is 13.8. The smallest absolute Gasteiger partial charge is 0.296 e. The molecule has 3 heterocycles. The number of halogens is 2. The third-order valence-corrected chi connectivity index (χ3v) is 9.62. The second-order valence-corrected chi connectivity index (χ2v) is 13.0. The molecule has 0 aliphatic carbocycles. The number of benzene rings is 3. The predicted octanol–water partition coefficient (Wildman–Crippen LogP) is 3.76. The van der Waals surface area contributed by atoms with Crippen LogP contribution >= 0.6 is 0 Å². The van der Waals surface area contributed by atoms with Gasteiger partial charge in [0, 0.05) is 55.6 Å². The Morgan fingerprint density at radius 1 is 1.07 bits per heavy atom. The van der Waals surface area contributed by atoms with E-state index in [0.717, 1.165) is 41.7 Å². The summed E-state index contributed by atoms with van der Waals surface area (Å²) >= 11 is 0. The highest BCUT2D eigenvalue weighted by Gasteiger charge is 2.47. The van der Waals surface area contributed by atoms with Gasteiger partial charge in [0.2, 0.25) is 5.91 Å². The number of carbonyl (C=O) groups excluding carboxylic acids is 2. The summed E-state index contributed by atoms with van der Waals surface area (Å²) in [4.78, 5) is 35.5. The number of alkyl halides is 2. The maximum absolute atomic E-state index is 13.8. The number of hydrogen-bond acceptors (Lipinski definition) is 6. The van der Waals surface area contributed by atoms with E-state index in [1.807, 2.05) is 54.6 Å². The first-order valence-corrected chi connectivity index (χ1v) is 16.2. The molecule has 2 fully saturated rings. The monoisotopic (exact) mass is 644 g/mol. The van der Waals surface area contributed by atoms with Crippen LogP contribution in [0.3, 0.4) is 0 Å². The van der Waals surface area contributed by atoms with Gasteiger partial charge in [-0.2, -0.15) is 0 Å². The minimum Gasteiger partial charge on any atom is -0.369 e. The summed E-state index contributed by atoms with van der Waals surface area (Å²) in [7, 11) is 0.106. The number of aliphatic imine (C=N–C) groups is 1. The number of hydrogen-bond donors (Lipinski definition) is 2. The lowest BCUT2D eigenvalue weighted by molar-refractivity contribution is -0.116. The Hall–Kier alpha value is -4.44. The summed E-state index contributed by atoms with van der Waals surface area (Å²) in [6, 6.07) is 20.4. The minimum atomic E-state index is -2.94. The summed E-state index contributed by atoms with van der Waals surface area (Å²) in [6.07, 6.45) is 0. The average Bonchev–Trinajstić information content (AvgIpc) is 3.36. The molecule has 2 unspecified atom stereocenters. The van der Waals surface area contributed by atoms with Gasteiger partial charge < -0.3 is 20.4 Å². The number of likely N-dealkylation sites (N-methyl/N-ethyl adjacent to an activating group) is 1. The van der Waals surface area contributed by atoms with E-state index in [0.29, 0.717) is 29.2 Å². The van der Waals surface area contributed by atoms with Gasteiger partial charge in [0.15, 0.2) is 0 Å². The molecule has 0 aromatic heterocycles. The van der Waals surface area contributed by atoms with Crippen molar-refractivity contribution in [3.8, 4) is 11.8 Å². The maximum Gasteiger partial charge on any atom is 0.296 e. The van der Waals surface area contributed by atoms with Crippen molar-refractivity contribution in [2.45, 2.75) is 23.7 Å². The molecular formula is C34H34F2N6O3S. The first-order valence-electron chi connectivity index (χ1n) is 15.1. The zero-order valence-electron chi connectivity index (χ0n) is 25.6. The van der Waals surface area contributed by atoms with Crippen molar-refractivity contribution in [1.29, 1.82) is 0 Å². The van der Waals surface area contributed by atoms with Gasteiger partial charge in [-0.1, -0.05) is 36.3 Å². The minimum absolute atomic E-state index is 0.150. The van der Waals surface area contributed by atoms with E-state index >= 15 is 0 Å². The molecule has 0 saturated carbocycles. The van der Waals surface area contributed by atoms with E-state index in [1.165, 1.54) is 0 Å². The largest absolute Gasteiger partial charge is 0.369 e. The Morgan fingerprint density at radius 2 is 1.76 bits per heavy atom. The lowest BCUT2D eigenvalue weighted by Crippen LogP contribution is -2.56. The van der Waals surface area contributed by atoms with Crippen molar-refractivity contribution < 1.29 is 22.6 Å². The summed E-state index contributed by atoms with van der Waals surface area (Å²) in [5, 5.41) is 5.48. The fourth-order valence-corrected chi connectivity index (χ4v) is 7.12. The molecule has 2 amide bonds. The quantitative estimate of drug-likeness (QED) is 0.302. The topological polar surface area (TPSA) is 97.3 Å². The van der Waals surface area contributed by atoms with Crippen molar-refractivity contribution >= 4 is 45.6 Å². The van der Waals surface area contributed by atoms with Gasteiger partial charge in [-0.25, -0.2) is 17.3 Å². The average molecular weight is 645 g/mol. The molecule has 0 bridgehead atoms. The van der Waals surface area contributed by atoms with Crippen LogP contribution in [0.15, 0.2) is 76.6 Å². The normalized spacial score (nSPS) is 20.2. The number of carbonyl (C=O) groups is 2. The number of fused-ring (bicyclic) bond motifs is 1. The van der Waals surface area contributed by atoms with Gasteiger partial charge >= 0.3 is 0 Å². The molecule has 3 aliphatic rings. The molecule has 6 rings (SSSR count). The van der Waals surface area contributed by atoms with Crippen LogP contribution in [-0.4, -0.2) is 89.7 Å². The standard InChI is InChI=1S/C34H34F2N6O3S/c1-3-37-30(43)14-9-24-19-28-27(20-29(24)46(45)42-21-34(35,36)22-42)31(33(44)39-28)32(23-7-5-4-6-8-23)38-25-10-12-26(13-11-25)41-17-15-40(2)16-18-41/h4-8,10-13,19-20,31H,3,15-18,21-22H2,1-2H3,(H,37,43)(H,39,44). The van der Waals surface area contributed by atoms with Crippen LogP contribution in [0.2, 0.25) is 0 Å². The van der Waals surface area contributed by atoms with Crippen LogP contribution in [-0.2, 0) is 20.6 Å². The van der Waals surface area contributed by atoms with Crippen molar-refractivity contribution in [3.63, 3.8) is 0 Å². The van der Waals surface area contributed by atoms with Gasteiger partial charge in [-0.15, -0.1) is 0 Å². The molecule has 46 heavy (non-hydrogen) atoms. The zero-order chi connectivity index (χ0) is 32.4. The van der Waals surface area contributed by atoms with Crippen LogP contribution in [0.25, 0.3) is 0 Å². The Bertz CT molecular complexity index is 1760. The van der Waals surface area contributed by atoms with Crippen LogP contribution in [0.5, 0.6) is 0 Å². The molecule has 3 aliphatic heterocycles. The molecule has 2 atom stereocenters. The second-order valence-electron chi connectivity index (χ2n) is 11.5. The van der Waals surface area contributed by atoms with E-state index in [9.17, 15) is 22.6 Å². The fourth-order valence-electron chi connectivity index (χ4n) is 5.70. The van der Waals surface area contributed by atoms with Crippen molar-refractivity contribution in [2.24, 2.45) is 4.99 Å².